The number of nitrogens with zero attached hydrogens (tertiary/aromatic N) is 1. The van der Waals surface area contributed by atoms with E-state index in [0.29, 0.717) is 12.5 Å². The summed E-state index contributed by atoms with van der Waals surface area (Å²) in [5.41, 5.74) is 1.09. The Bertz CT molecular complexity index is 503. The van der Waals surface area contributed by atoms with Gasteiger partial charge in [0.1, 0.15) is 6.61 Å². The van der Waals surface area contributed by atoms with Gasteiger partial charge in [0.25, 0.3) is 0 Å². The number of rotatable bonds is 5. The summed E-state index contributed by atoms with van der Waals surface area (Å²) in [6.07, 6.45) is 0. The van der Waals surface area contributed by atoms with Gasteiger partial charge in [-0.2, -0.15) is 0 Å². The molecule has 0 aliphatic heterocycles. The van der Waals surface area contributed by atoms with E-state index < -0.39 is 0 Å². The number of thiophene rings is 1. The molecular weight excluding hydrogens is 256 g/mol. The zero-order chi connectivity index (χ0) is 13.7. The lowest BCUT2D eigenvalue weighted by Gasteiger charge is -2.20. The molecule has 19 heavy (non-hydrogen) atoms. The van der Waals surface area contributed by atoms with Crippen molar-refractivity contribution in [3.05, 3.63) is 46.3 Å². The lowest BCUT2D eigenvalue weighted by Crippen LogP contribution is -2.35. The summed E-state index contributed by atoms with van der Waals surface area (Å²) in [4.78, 5) is 5.70. The van der Waals surface area contributed by atoms with Crippen LogP contribution in [0.25, 0.3) is 0 Å². The molecule has 0 unspecified atom stereocenters. The smallest absolute Gasteiger partial charge is 0.213 e. The minimum absolute atomic E-state index is 0.0928. The zero-order valence-electron chi connectivity index (χ0n) is 11.6. The first-order chi connectivity index (χ1) is 9.03. The summed E-state index contributed by atoms with van der Waals surface area (Å²) in [5, 5.41) is 5.47. The van der Waals surface area contributed by atoms with Crippen molar-refractivity contribution in [3.63, 3.8) is 0 Å². The fourth-order valence-electron chi connectivity index (χ4n) is 1.53. The monoisotopic (exact) mass is 276 g/mol. The summed E-state index contributed by atoms with van der Waals surface area (Å²) < 4.78 is 5.69. The van der Waals surface area contributed by atoms with Gasteiger partial charge in [0.2, 0.25) is 5.88 Å². The van der Waals surface area contributed by atoms with Crippen molar-refractivity contribution >= 4 is 11.3 Å². The van der Waals surface area contributed by atoms with Crippen LogP contribution in [0.15, 0.2) is 35.7 Å². The molecule has 4 heteroatoms. The molecule has 0 saturated heterocycles. The SMILES string of the molecule is CC(C)(C)NCc1cccc(OCc2cccs2)n1. The molecule has 2 rings (SSSR count). The first-order valence-corrected chi connectivity index (χ1v) is 7.27. The summed E-state index contributed by atoms with van der Waals surface area (Å²) >= 11 is 1.69. The number of hydrogen-bond acceptors (Lipinski definition) is 4. The van der Waals surface area contributed by atoms with Gasteiger partial charge < -0.3 is 10.1 Å². The number of aromatic nitrogens is 1. The molecule has 0 aliphatic rings. The molecule has 0 radical (unpaired) electrons. The minimum Gasteiger partial charge on any atom is -0.472 e. The van der Waals surface area contributed by atoms with E-state index >= 15 is 0 Å². The molecule has 1 N–H and O–H groups in total. The van der Waals surface area contributed by atoms with Crippen molar-refractivity contribution in [2.45, 2.75) is 39.5 Å². The number of ether oxygens (including phenoxy) is 1. The first-order valence-electron chi connectivity index (χ1n) is 6.39. The van der Waals surface area contributed by atoms with Crippen LogP contribution in [0.2, 0.25) is 0 Å². The van der Waals surface area contributed by atoms with Gasteiger partial charge in [0, 0.05) is 23.0 Å². The highest BCUT2D eigenvalue weighted by molar-refractivity contribution is 7.09. The molecule has 0 bridgehead atoms. The largest absolute Gasteiger partial charge is 0.472 e. The van der Waals surface area contributed by atoms with Crippen molar-refractivity contribution in [2.75, 3.05) is 0 Å². The van der Waals surface area contributed by atoms with E-state index in [4.69, 9.17) is 4.74 Å². The number of hydrogen-bond donors (Lipinski definition) is 1. The molecule has 0 fully saturated rings. The van der Waals surface area contributed by atoms with Crippen LogP contribution in [0, 0.1) is 0 Å². The molecule has 0 aromatic carbocycles. The van der Waals surface area contributed by atoms with E-state index in [9.17, 15) is 0 Å². The molecule has 102 valence electrons. The van der Waals surface area contributed by atoms with Crippen LogP contribution in [0.5, 0.6) is 5.88 Å². The molecule has 0 spiro atoms. The van der Waals surface area contributed by atoms with E-state index in [1.807, 2.05) is 24.3 Å². The van der Waals surface area contributed by atoms with E-state index in [1.165, 1.54) is 4.88 Å². The van der Waals surface area contributed by atoms with Crippen molar-refractivity contribution in [3.8, 4) is 5.88 Å². The third kappa shape index (κ3) is 5.01. The van der Waals surface area contributed by atoms with E-state index in [-0.39, 0.29) is 5.54 Å². The Labute approximate surface area is 118 Å². The van der Waals surface area contributed by atoms with Gasteiger partial charge >= 0.3 is 0 Å². The highest BCUT2D eigenvalue weighted by Gasteiger charge is 2.09. The Morgan fingerprint density at radius 3 is 2.74 bits per heavy atom. The van der Waals surface area contributed by atoms with Gasteiger partial charge in [0.15, 0.2) is 0 Å². The lowest BCUT2D eigenvalue weighted by molar-refractivity contribution is 0.295. The average molecular weight is 276 g/mol. The molecule has 2 heterocycles. The van der Waals surface area contributed by atoms with Gasteiger partial charge in [-0.3, -0.25) is 0 Å². The molecule has 0 saturated carbocycles. The van der Waals surface area contributed by atoms with Gasteiger partial charge in [-0.05, 0) is 38.3 Å². The summed E-state index contributed by atoms with van der Waals surface area (Å²) in [7, 11) is 0. The summed E-state index contributed by atoms with van der Waals surface area (Å²) in [6.45, 7) is 7.76. The van der Waals surface area contributed by atoms with Gasteiger partial charge in [-0.25, -0.2) is 4.98 Å². The lowest BCUT2D eigenvalue weighted by atomic mass is 10.1. The van der Waals surface area contributed by atoms with Crippen molar-refractivity contribution < 1.29 is 4.74 Å². The minimum atomic E-state index is 0.0928. The Kier molecular flexibility index (Phi) is 4.56. The van der Waals surface area contributed by atoms with E-state index in [2.05, 4.69) is 42.5 Å². The standard InChI is InChI=1S/C15H20N2OS/c1-15(2,3)16-10-12-6-4-8-14(17-12)18-11-13-7-5-9-19-13/h4-9,16H,10-11H2,1-3H3. The molecule has 0 amide bonds. The van der Waals surface area contributed by atoms with Crippen LogP contribution < -0.4 is 10.1 Å². The summed E-state index contributed by atoms with van der Waals surface area (Å²) in [6, 6.07) is 9.98. The van der Waals surface area contributed by atoms with Gasteiger partial charge in [-0.15, -0.1) is 11.3 Å². The van der Waals surface area contributed by atoms with Crippen LogP contribution in [0.1, 0.15) is 31.3 Å². The highest BCUT2D eigenvalue weighted by Crippen LogP contribution is 2.14. The summed E-state index contributed by atoms with van der Waals surface area (Å²) in [5.74, 6) is 0.682. The third-order valence-electron chi connectivity index (χ3n) is 2.52. The van der Waals surface area contributed by atoms with E-state index in [0.717, 1.165) is 12.2 Å². The van der Waals surface area contributed by atoms with Crippen LogP contribution in [0.3, 0.4) is 0 Å². The maximum Gasteiger partial charge on any atom is 0.213 e. The Morgan fingerprint density at radius 2 is 2.05 bits per heavy atom. The number of nitrogens with one attached hydrogen (secondary N) is 1. The average Bonchev–Trinajstić information content (AvgIpc) is 2.87. The highest BCUT2D eigenvalue weighted by atomic mass is 32.1. The molecule has 2 aromatic heterocycles. The second-order valence-corrected chi connectivity index (χ2v) is 6.47. The van der Waals surface area contributed by atoms with Gasteiger partial charge in [0.05, 0.1) is 5.69 Å². The zero-order valence-corrected chi connectivity index (χ0v) is 12.5. The molecule has 0 aliphatic carbocycles. The van der Waals surface area contributed by atoms with Crippen molar-refractivity contribution in [1.29, 1.82) is 0 Å². The normalized spacial score (nSPS) is 11.5. The van der Waals surface area contributed by atoms with E-state index in [1.54, 1.807) is 11.3 Å². The second kappa shape index (κ2) is 6.17. The predicted molar refractivity (Wildman–Crippen MR) is 79.5 cm³/mol. The second-order valence-electron chi connectivity index (χ2n) is 5.44. The quantitative estimate of drug-likeness (QED) is 0.906. The van der Waals surface area contributed by atoms with Crippen LogP contribution in [-0.4, -0.2) is 10.5 Å². The molecular formula is C15H20N2OS. The maximum atomic E-state index is 5.69. The van der Waals surface area contributed by atoms with Crippen LogP contribution in [0.4, 0.5) is 0 Å². The topological polar surface area (TPSA) is 34.1 Å². The first kappa shape index (κ1) is 14.0. The fourth-order valence-corrected chi connectivity index (χ4v) is 2.15. The predicted octanol–water partition coefficient (Wildman–Crippen LogP) is 3.61. The Hall–Kier alpha value is -1.39. The Morgan fingerprint density at radius 1 is 1.21 bits per heavy atom. The maximum absolute atomic E-state index is 5.69. The molecule has 0 atom stereocenters. The van der Waals surface area contributed by atoms with Crippen molar-refractivity contribution in [2.24, 2.45) is 0 Å². The van der Waals surface area contributed by atoms with Crippen molar-refractivity contribution in [1.82, 2.24) is 10.3 Å². The third-order valence-corrected chi connectivity index (χ3v) is 3.37. The molecule has 2 aromatic rings. The molecule has 3 nitrogen and oxygen atoms in total. The Balaban J connectivity index is 1.91. The van der Waals surface area contributed by atoms with Gasteiger partial charge in [-0.1, -0.05) is 12.1 Å². The van der Waals surface area contributed by atoms with Crippen LogP contribution in [-0.2, 0) is 13.2 Å². The number of pyridine rings is 1. The van der Waals surface area contributed by atoms with Crippen LogP contribution >= 0.6 is 11.3 Å². The fraction of sp³-hybridized carbons (Fsp3) is 0.400.